The molecule has 1 aromatic rings. The summed E-state index contributed by atoms with van der Waals surface area (Å²) in [6, 6.07) is 9.59. The van der Waals surface area contributed by atoms with Crippen molar-refractivity contribution in [2.75, 3.05) is 19.7 Å². The lowest BCUT2D eigenvalue weighted by molar-refractivity contribution is -0.137. The summed E-state index contributed by atoms with van der Waals surface area (Å²) in [7, 11) is 0. The predicted octanol–water partition coefficient (Wildman–Crippen LogP) is 3.06. The molecule has 6 heteroatoms. The molecule has 2 amide bonds. The average molecular weight is 374 g/mol. The number of nitrogens with zero attached hydrogens (tertiary/aromatic N) is 1. The third-order valence-electron chi connectivity index (χ3n) is 5.35. The van der Waals surface area contributed by atoms with Gasteiger partial charge in [-0.05, 0) is 50.0 Å². The molecule has 1 heterocycles. The minimum absolute atomic E-state index is 0.0505. The van der Waals surface area contributed by atoms with Gasteiger partial charge in [0.05, 0.1) is 6.10 Å². The monoisotopic (exact) mass is 374 g/mol. The van der Waals surface area contributed by atoms with Crippen molar-refractivity contribution in [1.29, 1.82) is 0 Å². The van der Waals surface area contributed by atoms with Crippen molar-refractivity contribution in [2.24, 2.45) is 5.92 Å². The van der Waals surface area contributed by atoms with Crippen LogP contribution in [0.5, 0.6) is 0 Å². The van der Waals surface area contributed by atoms with Crippen LogP contribution in [0.25, 0.3) is 0 Å². The van der Waals surface area contributed by atoms with Crippen LogP contribution in [0.15, 0.2) is 30.3 Å². The summed E-state index contributed by atoms with van der Waals surface area (Å²) in [5, 5.41) is 12.0. The fourth-order valence-corrected chi connectivity index (χ4v) is 3.47. The van der Waals surface area contributed by atoms with Gasteiger partial charge in [-0.3, -0.25) is 4.79 Å². The molecule has 148 valence electrons. The van der Waals surface area contributed by atoms with Crippen LogP contribution in [0.3, 0.4) is 0 Å². The van der Waals surface area contributed by atoms with Crippen LogP contribution in [0.1, 0.15) is 44.1 Å². The summed E-state index contributed by atoms with van der Waals surface area (Å²) in [4.78, 5) is 25.4. The lowest BCUT2D eigenvalue weighted by Gasteiger charge is -2.33. The minimum Gasteiger partial charge on any atom is -0.481 e. The van der Waals surface area contributed by atoms with Crippen molar-refractivity contribution in [3.8, 4) is 0 Å². The maximum atomic E-state index is 12.7. The number of benzene rings is 1. The molecule has 1 aliphatic carbocycles. The molecule has 1 unspecified atom stereocenters. The maximum absolute atomic E-state index is 12.7. The molecule has 3 rings (SSSR count). The molecule has 6 nitrogen and oxygen atoms in total. The number of likely N-dealkylation sites (tertiary alicyclic amines) is 1. The van der Waals surface area contributed by atoms with E-state index in [4.69, 9.17) is 9.84 Å². The van der Waals surface area contributed by atoms with Gasteiger partial charge in [-0.1, -0.05) is 30.3 Å². The second-order valence-electron chi connectivity index (χ2n) is 7.73. The van der Waals surface area contributed by atoms with E-state index in [0.29, 0.717) is 25.9 Å². The number of carbonyl (C=O) groups excluding carboxylic acids is 1. The number of piperidine rings is 1. The zero-order chi connectivity index (χ0) is 19.1. The van der Waals surface area contributed by atoms with Crippen LogP contribution >= 0.6 is 0 Å². The van der Waals surface area contributed by atoms with E-state index in [-0.39, 0.29) is 24.6 Å². The minimum atomic E-state index is -0.837. The van der Waals surface area contributed by atoms with Crippen LogP contribution in [0, 0.1) is 5.92 Å². The number of amides is 2. The number of aliphatic carboxylic acids is 1. The van der Waals surface area contributed by atoms with E-state index in [1.54, 1.807) is 0 Å². The van der Waals surface area contributed by atoms with Gasteiger partial charge in [0, 0.05) is 32.2 Å². The number of nitrogens with one attached hydrogen (secondary N) is 1. The molecule has 27 heavy (non-hydrogen) atoms. The van der Waals surface area contributed by atoms with Crippen LogP contribution < -0.4 is 5.32 Å². The number of urea groups is 1. The van der Waals surface area contributed by atoms with E-state index in [9.17, 15) is 9.59 Å². The Kier molecular flexibility index (Phi) is 7.10. The molecule has 0 radical (unpaired) electrons. The van der Waals surface area contributed by atoms with Crippen molar-refractivity contribution in [3.63, 3.8) is 0 Å². The number of ether oxygens (including phenoxy) is 1. The fraction of sp³-hybridized carbons (Fsp3) is 0.619. The highest BCUT2D eigenvalue weighted by Crippen LogP contribution is 2.30. The zero-order valence-electron chi connectivity index (χ0n) is 15.8. The second kappa shape index (κ2) is 9.74. The van der Waals surface area contributed by atoms with Crippen molar-refractivity contribution in [2.45, 2.75) is 57.1 Å². The van der Waals surface area contributed by atoms with Gasteiger partial charge in [0.2, 0.25) is 0 Å². The van der Waals surface area contributed by atoms with Crippen molar-refractivity contribution < 1.29 is 19.4 Å². The standard InChI is InChI=1S/C21H30N2O4/c24-20(25)9-8-18(14-16-4-2-1-3-5-16)22-21(26)23-12-10-19(11-13-23)27-15-17-6-7-17/h1-5,17-19H,6-15H2,(H,22,26)(H,24,25). The van der Waals surface area contributed by atoms with Crippen molar-refractivity contribution in [1.82, 2.24) is 10.2 Å². The molecular formula is C21H30N2O4. The first-order chi connectivity index (χ1) is 13.1. The summed E-state index contributed by atoms with van der Waals surface area (Å²) in [6.45, 7) is 2.25. The molecule has 2 fully saturated rings. The lowest BCUT2D eigenvalue weighted by Crippen LogP contribution is -2.49. The molecule has 0 spiro atoms. The molecule has 1 atom stereocenters. The molecule has 0 bridgehead atoms. The largest absolute Gasteiger partial charge is 0.481 e. The number of carboxylic acid groups (broad SMARTS) is 1. The van der Waals surface area contributed by atoms with E-state index in [2.05, 4.69) is 5.32 Å². The van der Waals surface area contributed by atoms with Gasteiger partial charge in [-0.2, -0.15) is 0 Å². The van der Waals surface area contributed by atoms with Crippen LogP contribution in [0.4, 0.5) is 4.79 Å². The fourth-order valence-electron chi connectivity index (χ4n) is 3.47. The topological polar surface area (TPSA) is 78.9 Å². The highest BCUT2D eigenvalue weighted by Gasteiger charge is 2.27. The number of hydrogen-bond donors (Lipinski definition) is 2. The molecule has 2 aliphatic rings. The van der Waals surface area contributed by atoms with Gasteiger partial charge in [0.1, 0.15) is 0 Å². The van der Waals surface area contributed by atoms with Gasteiger partial charge in [-0.25, -0.2) is 4.79 Å². The SMILES string of the molecule is O=C(O)CCC(Cc1ccccc1)NC(=O)N1CCC(OCC2CC2)CC1. The van der Waals surface area contributed by atoms with E-state index in [1.165, 1.54) is 12.8 Å². The maximum Gasteiger partial charge on any atom is 0.317 e. The Hall–Kier alpha value is -2.08. The Morgan fingerprint density at radius 1 is 1.15 bits per heavy atom. The normalized spacial score (nSPS) is 18.9. The first-order valence-corrected chi connectivity index (χ1v) is 10.0. The van der Waals surface area contributed by atoms with E-state index in [1.807, 2.05) is 35.2 Å². The van der Waals surface area contributed by atoms with Gasteiger partial charge in [0.25, 0.3) is 0 Å². The summed E-state index contributed by atoms with van der Waals surface area (Å²) in [5.41, 5.74) is 1.10. The van der Waals surface area contributed by atoms with E-state index >= 15 is 0 Å². The van der Waals surface area contributed by atoms with Gasteiger partial charge >= 0.3 is 12.0 Å². The second-order valence-corrected chi connectivity index (χ2v) is 7.73. The predicted molar refractivity (Wildman–Crippen MR) is 103 cm³/mol. The molecule has 1 aromatic carbocycles. The summed E-state index contributed by atoms with van der Waals surface area (Å²) in [6.07, 6.45) is 5.71. The first-order valence-electron chi connectivity index (χ1n) is 10.0. The van der Waals surface area contributed by atoms with Crippen LogP contribution in [0.2, 0.25) is 0 Å². The van der Waals surface area contributed by atoms with E-state index in [0.717, 1.165) is 30.9 Å². The number of carboxylic acids is 1. The van der Waals surface area contributed by atoms with E-state index < -0.39 is 5.97 Å². The Bertz CT molecular complexity index is 610. The van der Waals surface area contributed by atoms with Crippen LogP contribution in [-0.4, -0.2) is 53.8 Å². The molecule has 1 saturated heterocycles. The van der Waals surface area contributed by atoms with Gasteiger partial charge in [0.15, 0.2) is 0 Å². The first kappa shape index (κ1) is 19.7. The Labute approximate surface area is 160 Å². The molecule has 1 aliphatic heterocycles. The molecule has 2 N–H and O–H groups in total. The lowest BCUT2D eigenvalue weighted by atomic mass is 10.0. The number of carbonyl (C=O) groups is 2. The number of hydrogen-bond acceptors (Lipinski definition) is 3. The van der Waals surface area contributed by atoms with Gasteiger partial charge in [-0.15, -0.1) is 0 Å². The third kappa shape index (κ3) is 6.86. The van der Waals surface area contributed by atoms with Crippen molar-refractivity contribution >= 4 is 12.0 Å². The zero-order valence-corrected chi connectivity index (χ0v) is 15.8. The Balaban J connectivity index is 1.46. The summed E-state index contributed by atoms with van der Waals surface area (Å²) < 4.78 is 5.94. The number of rotatable bonds is 9. The average Bonchev–Trinajstić information content (AvgIpc) is 3.50. The highest BCUT2D eigenvalue weighted by atomic mass is 16.5. The Morgan fingerprint density at radius 2 is 1.85 bits per heavy atom. The third-order valence-corrected chi connectivity index (χ3v) is 5.35. The van der Waals surface area contributed by atoms with Crippen LogP contribution in [-0.2, 0) is 16.0 Å². The molecule has 1 saturated carbocycles. The highest BCUT2D eigenvalue weighted by molar-refractivity contribution is 5.75. The molecule has 0 aromatic heterocycles. The quantitative estimate of drug-likeness (QED) is 0.696. The van der Waals surface area contributed by atoms with Crippen molar-refractivity contribution in [3.05, 3.63) is 35.9 Å². The van der Waals surface area contributed by atoms with Gasteiger partial charge < -0.3 is 20.1 Å². The summed E-state index contributed by atoms with van der Waals surface area (Å²) in [5.74, 6) is -0.0738. The summed E-state index contributed by atoms with van der Waals surface area (Å²) >= 11 is 0. The Morgan fingerprint density at radius 3 is 2.48 bits per heavy atom. The smallest absolute Gasteiger partial charge is 0.317 e. The molecular weight excluding hydrogens is 344 g/mol.